The van der Waals surface area contributed by atoms with Crippen LogP contribution in [-0.4, -0.2) is 55.7 Å². The number of benzene rings is 2. The Hall–Kier alpha value is -3.76. The molecule has 1 aliphatic rings. The van der Waals surface area contributed by atoms with Crippen molar-refractivity contribution in [2.45, 2.75) is 25.3 Å². The molecule has 3 rings (SSSR count). The van der Waals surface area contributed by atoms with Gasteiger partial charge in [0, 0.05) is 5.56 Å². The highest BCUT2D eigenvalue weighted by molar-refractivity contribution is 6.10. The summed E-state index contributed by atoms with van der Waals surface area (Å²) in [7, 11) is 3.94. The highest BCUT2D eigenvalue weighted by atomic mass is 19.4. The van der Waals surface area contributed by atoms with Gasteiger partial charge in [0.05, 0.1) is 27.9 Å². The number of carbonyl (C=O) groups is 2. The van der Waals surface area contributed by atoms with Gasteiger partial charge in [0.15, 0.2) is 11.5 Å². The number of amidine groups is 1. The average Bonchev–Trinajstić information content (AvgIpc) is 3.03. The number of hydrogen-bond acceptors (Lipinski definition) is 6. The molecule has 2 amide bonds. The van der Waals surface area contributed by atoms with Gasteiger partial charge in [-0.2, -0.15) is 13.2 Å². The van der Waals surface area contributed by atoms with Gasteiger partial charge in [0.2, 0.25) is 5.75 Å². The highest BCUT2D eigenvalue weighted by Crippen LogP contribution is 2.40. The van der Waals surface area contributed by atoms with E-state index >= 15 is 0 Å². The highest BCUT2D eigenvalue weighted by Gasteiger charge is 2.66. The molecule has 33 heavy (non-hydrogen) atoms. The molecule has 11 heteroatoms. The molecular formula is C22H22F3N3O5. The van der Waals surface area contributed by atoms with Gasteiger partial charge < -0.3 is 19.5 Å². The Bertz CT molecular complexity index is 1060. The fraction of sp³-hybridized carbons (Fsp3) is 0.318. The molecule has 1 heterocycles. The summed E-state index contributed by atoms with van der Waals surface area (Å²) in [5, 5.41) is 1.79. The number of rotatable bonds is 7. The van der Waals surface area contributed by atoms with Gasteiger partial charge in [-0.05, 0) is 24.6 Å². The van der Waals surface area contributed by atoms with E-state index in [-0.39, 0.29) is 35.2 Å². The number of nitrogens with one attached hydrogen (secondary N) is 1. The van der Waals surface area contributed by atoms with Gasteiger partial charge in [-0.25, -0.2) is 4.99 Å². The first-order valence-electron chi connectivity index (χ1n) is 9.69. The second-order valence-corrected chi connectivity index (χ2v) is 7.11. The Balaban J connectivity index is 1.98. The second kappa shape index (κ2) is 9.00. The molecule has 0 saturated carbocycles. The van der Waals surface area contributed by atoms with Crippen LogP contribution in [0.5, 0.6) is 17.2 Å². The lowest BCUT2D eigenvalue weighted by molar-refractivity contribution is -0.196. The number of amides is 2. The Morgan fingerprint density at radius 1 is 1.06 bits per heavy atom. The molecule has 0 saturated heterocycles. The predicted molar refractivity (Wildman–Crippen MR) is 112 cm³/mol. The van der Waals surface area contributed by atoms with E-state index in [1.54, 1.807) is 35.6 Å². The average molecular weight is 465 g/mol. The lowest BCUT2D eigenvalue weighted by Gasteiger charge is -2.29. The molecule has 0 aliphatic carbocycles. The lowest BCUT2D eigenvalue weighted by atomic mass is 10.1. The standard InChI is InChI=1S/C22H22F3N3O5/c1-13-26-21(22(23,24)25,20(30)28(13)12-14-8-6-5-7-9-14)27-19(29)15-10-16(31-2)18(33-4)17(11-15)32-3/h5-11H,12H2,1-4H3,(H,27,29). The molecule has 0 spiro atoms. The van der Waals surface area contributed by atoms with Crippen molar-refractivity contribution in [2.75, 3.05) is 21.3 Å². The first-order chi connectivity index (χ1) is 15.6. The van der Waals surface area contributed by atoms with Gasteiger partial charge in [0.25, 0.3) is 11.8 Å². The van der Waals surface area contributed by atoms with Crippen LogP contribution in [0.3, 0.4) is 0 Å². The monoisotopic (exact) mass is 465 g/mol. The van der Waals surface area contributed by atoms with Crippen LogP contribution in [0.15, 0.2) is 47.5 Å². The zero-order valence-corrected chi connectivity index (χ0v) is 18.3. The maximum atomic E-state index is 14.2. The Morgan fingerprint density at radius 2 is 1.64 bits per heavy atom. The van der Waals surface area contributed by atoms with Crippen molar-refractivity contribution < 1.29 is 37.0 Å². The summed E-state index contributed by atoms with van der Waals surface area (Å²) in [4.78, 5) is 30.4. The largest absolute Gasteiger partial charge is 0.493 e. The van der Waals surface area contributed by atoms with E-state index in [0.29, 0.717) is 5.56 Å². The number of alkyl halides is 3. The molecular weight excluding hydrogens is 443 g/mol. The van der Waals surface area contributed by atoms with Crippen molar-refractivity contribution in [1.29, 1.82) is 0 Å². The van der Waals surface area contributed by atoms with Crippen molar-refractivity contribution in [2.24, 2.45) is 4.99 Å². The number of aliphatic imine (C=N–C) groups is 1. The number of hydrogen-bond donors (Lipinski definition) is 1. The van der Waals surface area contributed by atoms with Crippen LogP contribution >= 0.6 is 0 Å². The van der Waals surface area contributed by atoms with Gasteiger partial charge >= 0.3 is 11.8 Å². The van der Waals surface area contributed by atoms with Gasteiger partial charge in [-0.1, -0.05) is 30.3 Å². The number of nitrogens with zero attached hydrogens (tertiary/aromatic N) is 2. The van der Waals surface area contributed by atoms with Crippen LogP contribution in [0, 0.1) is 0 Å². The summed E-state index contributed by atoms with van der Waals surface area (Å²) >= 11 is 0. The maximum Gasteiger partial charge on any atom is 0.442 e. The van der Waals surface area contributed by atoms with Gasteiger partial charge in [-0.3, -0.25) is 14.5 Å². The van der Waals surface area contributed by atoms with E-state index in [0.717, 1.165) is 4.90 Å². The minimum absolute atomic E-state index is 0.0613. The van der Waals surface area contributed by atoms with Gasteiger partial charge in [-0.15, -0.1) is 0 Å². The van der Waals surface area contributed by atoms with Crippen molar-refractivity contribution >= 4 is 17.6 Å². The summed E-state index contributed by atoms with van der Waals surface area (Å²) in [6.07, 6.45) is -5.20. The van der Waals surface area contributed by atoms with Crippen LogP contribution in [0.2, 0.25) is 0 Å². The fourth-order valence-electron chi connectivity index (χ4n) is 3.43. The minimum atomic E-state index is -5.20. The van der Waals surface area contributed by atoms with Crippen molar-refractivity contribution in [3.8, 4) is 17.2 Å². The Kier molecular flexibility index (Phi) is 6.52. The Labute approximate surface area is 187 Å². The second-order valence-electron chi connectivity index (χ2n) is 7.11. The summed E-state index contributed by atoms with van der Waals surface area (Å²) in [5.41, 5.74) is -3.10. The van der Waals surface area contributed by atoms with E-state index in [1.165, 1.54) is 40.4 Å². The lowest BCUT2D eigenvalue weighted by Crippen LogP contribution is -2.63. The molecule has 1 aliphatic heterocycles. The summed E-state index contributed by atoms with van der Waals surface area (Å²) in [5.74, 6) is -2.50. The predicted octanol–water partition coefficient (Wildman–Crippen LogP) is 3.16. The minimum Gasteiger partial charge on any atom is -0.493 e. The number of carbonyl (C=O) groups excluding carboxylic acids is 2. The zero-order chi connectivity index (χ0) is 24.4. The van der Waals surface area contributed by atoms with Crippen LogP contribution < -0.4 is 19.5 Å². The molecule has 0 radical (unpaired) electrons. The van der Waals surface area contributed by atoms with Crippen LogP contribution in [0.25, 0.3) is 0 Å². The molecule has 2 aromatic rings. The van der Waals surface area contributed by atoms with Crippen molar-refractivity contribution in [3.05, 3.63) is 53.6 Å². The quantitative estimate of drug-likeness (QED) is 0.679. The Morgan fingerprint density at radius 3 is 2.12 bits per heavy atom. The third-order valence-electron chi connectivity index (χ3n) is 5.09. The molecule has 0 bridgehead atoms. The topological polar surface area (TPSA) is 89.5 Å². The number of halogens is 3. The van der Waals surface area contributed by atoms with E-state index in [9.17, 15) is 22.8 Å². The molecule has 8 nitrogen and oxygen atoms in total. The zero-order valence-electron chi connectivity index (χ0n) is 18.3. The third kappa shape index (κ3) is 4.30. The first kappa shape index (κ1) is 23.9. The molecule has 176 valence electrons. The first-order valence-corrected chi connectivity index (χ1v) is 9.69. The van der Waals surface area contributed by atoms with Crippen molar-refractivity contribution in [1.82, 2.24) is 10.2 Å². The van der Waals surface area contributed by atoms with Crippen LogP contribution in [0.4, 0.5) is 13.2 Å². The van der Waals surface area contributed by atoms with Crippen LogP contribution in [0.1, 0.15) is 22.8 Å². The molecule has 1 N–H and O–H groups in total. The molecule has 1 unspecified atom stereocenters. The van der Waals surface area contributed by atoms with Crippen LogP contribution in [-0.2, 0) is 11.3 Å². The fourth-order valence-corrected chi connectivity index (χ4v) is 3.43. The third-order valence-corrected chi connectivity index (χ3v) is 5.09. The summed E-state index contributed by atoms with van der Waals surface area (Å²) < 4.78 is 58.0. The van der Waals surface area contributed by atoms with E-state index in [1.807, 2.05) is 0 Å². The number of ether oxygens (including phenoxy) is 3. The van der Waals surface area contributed by atoms with E-state index in [2.05, 4.69) is 4.99 Å². The molecule has 0 fully saturated rings. The smallest absolute Gasteiger partial charge is 0.442 e. The van der Waals surface area contributed by atoms with E-state index < -0.39 is 23.7 Å². The van der Waals surface area contributed by atoms with Gasteiger partial charge in [0.1, 0.15) is 5.84 Å². The molecule has 2 aromatic carbocycles. The summed E-state index contributed by atoms with van der Waals surface area (Å²) in [6, 6.07) is 10.8. The van der Waals surface area contributed by atoms with Crippen molar-refractivity contribution in [3.63, 3.8) is 0 Å². The van der Waals surface area contributed by atoms with E-state index in [4.69, 9.17) is 14.2 Å². The maximum absolute atomic E-state index is 14.2. The summed E-state index contributed by atoms with van der Waals surface area (Å²) in [6.45, 7) is 1.15. The SMILES string of the molecule is COc1cc(C(=O)NC2(C(F)(F)F)N=C(C)N(Cc3ccccc3)C2=O)cc(OC)c1OC. The molecule has 1 atom stereocenters. The number of methoxy groups -OCH3 is 3. The normalized spacial score (nSPS) is 18.1. The molecule has 0 aromatic heterocycles.